The van der Waals surface area contributed by atoms with Crippen molar-refractivity contribution in [2.45, 2.75) is 26.7 Å². The topological polar surface area (TPSA) is 44.9 Å². The molecular formula is C17H18N2O. The molecule has 0 aliphatic rings. The van der Waals surface area contributed by atoms with Gasteiger partial charge >= 0.3 is 0 Å². The number of fused-ring (bicyclic) bond motifs is 3. The van der Waals surface area contributed by atoms with Crippen LogP contribution in [0.4, 0.5) is 5.69 Å². The molecule has 1 heterocycles. The van der Waals surface area contributed by atoms with Crippen LogP contribution in [0, 0.1) is 0 Å². The van der Waals surface area contributed by atoms with Crippen LogP contribution in [0.3, 0.4) is 0 Å². The lowest BCUT2D eigenvalue weighted by Crippen LogP contribution is -2.08. The number of benzene rings is 2. The number of aromatic nitrogens is 1. The molecule has 2 N–H and O–H groups in total. The zero-order chi connectivity index (χ0) is 14.1. The molecule has 1 aromatic heterocycles. The summed E-state index contributed by atoms with van der Waals surface area (Å²) < 4.78 is 0. The Bertz CT molecular complexity index is 786. The third-order valence-corrected chi connectivity index (χ3v) is 3.71. The fourth-order valence-electron chi connectivity index (χ4n) is 2.61. The van der Waals surface area contributed by atoms with Crippen molar-refractivity contribution in [2.75, 3.05) is 5.32 Å². The number of rotatable bonds is 3. The average molecular weight is 266 g/mol. The van der Waals surface area contributed by atoms with E-state index in [1.54, 1.807) is 0 Å². The number of amides is 1. The van der Waals surface area contributed by atoms with E-state index in [9.17, 15) is 4.79 Å². The smallest absolute Gasteiger partial charge is 0.224 e. The SMILES string of the molecule is CCC(=O)Nc1ccc2c(c1)[nH]c1c(CC)cccc12. The standard InChI is InChI=1S/C17H18N2O/c1-3-11-6-5-7-14-13-9-8-12(18-16(20)4-2)10-15(13)19-17(11)14/h5-10,19H,3-4H2,1-2H3,(H,18,20). The molecule has 3 aromatic rings. The molecule has 0 spiro atoms. The summed E-state index contributed by atoms with van der Waals surface area (Å²) in [7, 11) is 0. The van der Waals surface area contributed by atoms with Gasteiger partial charge in [-0.1, -0.05) is 38.1 Å². The Morgan fingerprint density at radius 1 is 1.15 bits per heavy atom. The Labute approximate surface area is 118 Å². The summed E-state index contributed by atoms with van der Waals surface area (Å²) in [6.45, 7) is 4.01. The number of aromatic amines is 1. The summed E-state index contributed by atoms with van der Waals surface area (Å²) in [5.74, 6) is 0.0368. The molecule has 0 atom stereocenters. The van der Waals surface area contributed by atoms with E-state index < -0.39 is 0 Å². The molecule has 0 saturated carbocycles. The third-order valence-electron chi connectivity index (χ3n) is 3.71. The van der Waals surface area contributed by atoms with Crippen LogP contribution < -0.4 is 5.32 Å². The number of H-pyrrole nitrogens is 1. The lowest BCUT2D eigenvalue weighted by molar-refractivity contribution is -0.115. The van der Waals surface area contributed by atoms with Gasteiger partial charge in [0.2, 0.25) is 5.91 Å². The second-order valence-corrected chi connectivity index (χ2v) is 4.98. The van der Waals surface area contributed by atoms with E-state index in [4.69, 9.17) is 0 Å². The van der Waals surface area contributed by atoms with Gasteiger partial charge in [0.15, 0.2) is 0 Å². The van der Waals surface area contributed by atoms with Crippen molar-refractivity contribution >= 4 is 33.4 Å². The Morgan fingerprint density at radius 3 is 2.75 bits per heavy atom. The van der Waals surface area contributed by atoms with Gasteiger partial charge in [0.1, 0.15) is 0 Å². The molecule has 0 radical (unpaired) electrons. The zero-order valence-electron chi connectivity index (χ0n) is 11.8. The lowest BCUT2D eigenvalue weighted by Gasteiger charge is -2.03. The summed E-state index contributed by atoms with van der Waals surface area (Å²) in [6, 6.07) is 12.4. The highest BCUT2D eigenvalue weighted by Gasteiger charge is 2.08. The lowest BCUT2D eigenvalue weighted by atomic mass is 10.1. The first-order chi connectivity index (χ1) is 9.72. The number of aryl methyl sites for hydroxylation is 1. The third kappa shape index (κ3) is 2.05. The van der Waals surface area contributed by atoms with Gasteiger partial charge in [-0.15, -0.1) is 0 Å². The number of carbonyl (C=O) groups excluding carboxylic acids is 1. The van der Waals surface area contributed by atoms with Crippen LogP contribution in [0.25, 0.3) is 21.8 Å². The zero-order valence-corrected chi connectivity index (χ0v) is 11.8. The first-order valence-electron chi connectivity index (χ1n) is 7.06. The van der Waals surface area contributed by atoms with E-state index in [-0.39, 0.29) is 5.91 Å². The Kier molecular flexibility index (Phi) is 3.18. The molecule has 0 saturated heterocycles. The van der Waals surface area contributed by atoms with Gasteiger partial charge in [0.05, 0.1) is 0 Å². The molecule has 2 aromatic carbocycles. The predicted molar refractivity (Wildman–Crippen MR) is 84.1 cm³/mol. The number of hydrogen-bond donors (Lipinski definition) is 2. The predicted octanol–water partition coefficient (Wildman–Crippen LogP) is 4.23. The molecule has 3 heteroatoms. The van der Waals surface area contributed by atoms with Crippen molar-refractivity contribution in [2.24, 2.45) is 0 Å². The maximum atomic E-state index is 11.5. The minimum atomic E-state index is 0.0368. The summed E-state index contributed by atoms with van der Waals surface area (Å²) >= 11 is 0. The van der Waals surface area contributed by atoms with Crippen molar-refractivity contribution in [3.05, 3.63) is 42.0 Å². The fraction of sp³-hybridized carbons (Fsp3) is 0.235. The fourth-order valence-corrected chi connectivity index (χ4v) is 2.61. The van der Waals surface area contributed by atoms with Crippen LogP contribution in [0.5, 0.6) is 0 Å². The van der Waals surface area contributed by atoms with E-state index in [1.807, 2.05) is 19.1 Å². The summed E-state index contributed by atoms with van der Waals surface area (Å²) in [5.41, 5.74) is 4.42. The minimum absolute atomic E-state index is 0.0368. The monoisotopic (exact) mass is 266 g/mol. The van der Waals surface area contributed by atoms with Gasteiger partial charge < -0.3 is 10.3 Å². The van der Waals surface area contributed by atoms with Gasteiger partial charge in [-0.2, -0.15) is 0 Å². The highest BCUT2D eigenvalue weighted by molar-refractivity contribution is 6.09. The molecule has 0 aliphatic carbocycles. The van der Waals surface area contributed by atoms with Crippen LogP contribution in [0.2, 0.25) is 0 Å². The molecule has 3 nitrogen and oxygen atoms in total. The first kappa shape index (κ1) is 12.7. The molecule has 1 amide bonds. The number of hydrogen-bond acceptors (Lipinski definition) is 1. The van der Waals surface area contributed by atoms with Crippen molar-refractivity contribution in [3.8, 4) is 0 Å². The molecule has 0 unspecified atom stereocenters. The molecule has 0 aliphatic heterocycles. The second-order valence-electron chi connectivity index (χ2n) is 4.98. The molecule has 0 fully saturated rings. The van der Waals surface area contributed by atoms with Crippen molar-refractivity contribution < 1.29 is 4.79 Å². The minimum Gasteiger partial charge on any atom is -0.354 e. The van der Waals surface area contributed by atoms with E-state index in [0.717, 1.165) is 17.6 Å². The van der Waals surface area contributed by atoms with E-state index in [1.165, 1.54) is 21.9 Å². The molecular weight excluding hydrogens is 248 g/mol. The van der Waals surface area contributed by atoms with Gasteiger partial charge in [0, 0.05) is 33.9 Å². The first-order valence-corrected chi connectivity index (χ1v) is 7.06. The molecule has 102 valence electrons. The van der Waals surface area contributed by atoms with E-state index in [2.05, 4.69) is 41.5 Å². The van der Waals surface area contributed by atoms with Crippen LogP contribution in [0.15, 0.2) is 36.4 Å². The average Bonchev–Trinajstić information content (AvgIpc) is 2.84. The van der Waals surface area contributed by atoms with Crippen LogP contribution in [-0.2, 0) is 11.2 Å². The number of nitrogens with one attached hydrogen (secondary N) is 2. The Morgan fingerprint density at radius 2 is 2.00 bits per heavy atom. The van der Waals surface area contributed by atoms with Gasteiger partial charge in [-0.25, -0.2) is 0 Å². The van der Waals surface area contributed by atoms with E-state index in [0.29, 0.717) is 6.42 Å². The summed E-state index contributed by atoms with van der Waals surface area (Å²) in [6.07, 6.45) is 1.49. The Hall–Kier alpha value is -2.29. The van der Waals surface area contributed by atoms with Crippen molar-refractivity contribution in [3.63, 3.8) is 0 Å². The van der Waals surface area contributed by atoms with Crippen LogP contribution in [-0.4, -0.2) is 10.9 Å². The van der Waals surface area contributed by atoms with Crippen LogP contribution in [0.1, 0.15) is 25.8 Å². The molecule has 3 rings (SSSR count). The van der Waals surface area contributed by atoms with Crippen molar-refractivity contribution in [1.29, 1.82) is 0 Å². The summed E-state index contributed by atoms with van der Waals surface area (Å²) in [4.78, 5) is 14.9. The number of carbonyl (C=O) groups is 1. The quantitative estimate of drug-likeness (QED) is 0.732. The van der Waals surface area contributed by atoms with Gasteiger partial charge in [0.25, 0.3) is 0 Å². The highest BCUT2D eigenvalue weighted by Crippen LogP contribution is 2.29. The van der Waals surface area contributed by atoms with Crippen LogP contribution >= 0.6 is 0 Å². The number of para-hydroxylation sites is 1. The van der Waals surface area contributed by atoms with E-state index >= 15 is 0 Å². The number of anilines is 1. The maximum absolute atomic E-state index is 11.5. The maximum Gasteiger partial charge on any atom is 0.224 e. The normalized spacial score (nSPS) is 11.1. The highest BCUT2D eigenvalue weighted by atomic mass is 16.1. The summed E-state index contributed by atoms with van der Waals surface area (Å²) in [5, 5.41) is 5.34. The second kappa shape index (κ2) is 5.00. The molecule has 20 heavy (non-hydrogen) atoms. The van der Waals surface area contributed by atoms with Gasteiger partial charge in [-0.05, 0) is 24.1 Å². The Balaban J connectivity index is 2.15. The molecule has 0 bridgehead atoms. The largest absolute Gasteiger partial charge is 0.354 e. The van der Waals surface area contributed by atoms with Crippen molar-refractivity contribution in [1.82, 2.24) is 4.98 Å². The van der Waals surface area contributed by atoms with Gasteiger partial charge in [-0.3, -0.25) is 4.79 Å².